The van der Waals surface area contributed by atoms with Crippen LogP contribution in [0.25, 0.3) is 0 Å². The first-order chi connectivity index (χ1) is 45.6. The van der Waals surface area contributed by atoms with Gasteiger partial charge in [-0.2, -0.15) is 4.39 Å². The van der Waals surface area contributed by atoms with E-state index in [4.69, 9.17) is 33.5 Å². The Kier molecular flexibility index (Phi) is 37.0. The van der Waals surface area contributed by atoms with Gasteiger partial charge < -0.3 is 38.6 Å². The summed E-state index contributed by atoms with van der Waals surface area (Å²) in [5.41, 5.74) is 0. The molecule has 6 saturated carbocycles. The number of hydrogen-bond acceptors (Lipinski definition) is 8. The molecule has 10 rings (SSSR count). The molecule has 6 aliphatic carbocycles. The summed E-state index contributed by atoms with van der Waals surface area (Å²) in [6.07, 6.45) is 42.4. The first kappa shape index (κ1) is 79.0. The van der Waals surface area contributed by atoms with E-state index >= 15 is 0 Å². The topological polar surface area (TPSA) is 95.8 Å². The summed E-state index contributed by atoms with van der Waals surface area (Å²) in [4.78, 5) is 0. The number of halogens is 6. The second-order valence-electron chi connectivity index (χ2n) is 28.1. The van der Waals surface area contributed by atoms with Gasteiger partial charge in [0.25, 0.3) is 0 Å². The Morgan fingerprint density at radius 1 is 0.351 bits per heavy atom. The molecule has 6 fully saturated rings. The highest BCUT2D eigenvalue weighted by Gasteiger charge is 2.34. The normalized spacial score (nSPS) is 26.0. The van der Waals surface area contributed by atoms with Gasteiger partial charge in [0.2, 0.25) is 5.82 Å². The van der Waals surface area contributed by atoms with E-state index in [1.54, 1.807) is 51.0 Å². The Morgan fingerprint density at radius 3 is 1.03 bits per heavy atom. The van der Waals surface area contributed by atoms with Crippen molar-refractivity contribution in [2.24, 2.45) is 71.0 Å². The first-order valence-electron chi connectivity index (χ1n) is 37.2. The monoisotopic (exact) mass is 1440 g/mol. The van der Waals surface area contributed by atoms with Crippen LogP contribution in [0.2, 0.25) is 0 Å². The van der Waals surface area contributed by atoms with Gasteiger partial charge in [0.1, 0.15) is 11.5 Å². The Balaban J connectivity index is 0.000000196. The zero-order valence-corrected chi connectivity index (χ0v) is 61.7. The third-order valence-electron chi connectivity index (χ3n) is 21.6. The number of aromatic hydroxyl groups is 2. The summed E-state index contributed by atoms with van der Waals surface area (Å²) in [5.74, 6) is 10.3. The smallest absolute Gasteiger partial charge is 0.210 e. The molecule has 4 aromatic carbocycles. The van der Waals surface area contributed by atoms with Gasteiger partial charge in [0.15, 0.2) is 51.9 Å². The van der Waals surface area contributed by atoms with Crippen LogP contribution < -0.4 is 28.4 Å². The van der Waals surface area contributed by atoms with Crippen molar-refractivity contribution in [1.29, 1.82) is 0 Å². The fourth-order valence-electron chi connectivity index (χ4n) is 16.2. The quantitative estimate of drug-likeness (QED) is 0.0529. The molecule has 8 nitrogen and oxygen atoms in total. The lowest BCUT2D eigenvalue weighted by Gasteiger charge is -2.37. The van der Waals surface area contributed by atoms with Crippen LogP contribution in [0.1, 0.15) is 241 Å². The highest BCUT2D eigenvalue weighted by molar-refractivity contribution is 9.10. The predicted molar refractivity (Wildman–Crippen MR) is 384 cm³/mol. The van der Waals surface area contributed by atoms with Crippen LogP contribution in [-0.4, -0.2) is 55.2 Å². The summed E-state index contributed by atoms with van der Waals surface area (Å²) in [6, 6.07) is 16.6. The maximum absolute atomic E-state index is 14.1. The maximum Gasteiger partial charge on any atom is 0.210 e. The van der Waals surface area contributed by atoms with Crippen molar-refractivity contribution in [3.63, 3.8) is 0 Å². The van der Waals surface area contributed by atoms with E-state index in [0.717, 1.165) is 69.7 Å². The van der Waals surface area contributed by atoms with Gasteiger partial charge in [0.05, 0.1) is 39.6 Å². The van der Waals surface area contributed by atoms with E-state index in [1.807, 2.05) is 19.9 Å². The molecule has 0 heterocycles. The third kappa shape index (κ3) is 27.0. The van der Waals surface area contributed by atoms with Crippen molar-refractivity contribution < 1.29 is 56.2 Å². The number of alkyl halides is 1. The molecular formula is C80H120Br2F4O8. The fourth-order valence-corrected chi connectivity index (χ4v) is 17.2. The minimum Gasteiger partial charge on any atom is -0.508 e. The van der Waals surface area contributed by atoms with E-state index in [0.29, 0.717) is 68.7 Å². The number of phenols is 2. The average molecular weight is 1450 g/mol. The van der Waals surface area contributed by atoms with Crippen LogP contribution in [0.15, 0.2) is 71.2 Å². The second-order valence-corrected chi connectivity index (χ2v) is 29.6. The Labute approximate surface area is 582 Å². The molecule has 530 valence electrons. The van der Waals surface area contributed by atoms with Gasteiger partial charge in [-0.3, -0.25) is 0 Å². The molecule has 6 aliphatic rings. The van der Waals surface area contributed by atoms with Crippen molar-refractivity contribution in [3.8, 4) is 46.0 Å². The third-order valence-corrected chi connectivity index (χ3v) is 23.0. The molecule has 0 radical (unpaired) electrons. The van der Waals surface area contributed by atoms with Crippen LogP contribution in [0, 0.1) is 94.3 Å². The highest BCUT2D eigenvalue weighted by Crippen LogP contribution is 2.46. The minimum absolute atomic E-state index is 0.0708. The van der Waals surface area contributed by atoms with Crippen molar-refractivity contribution in [3.05, 3.63) is 94.5 Å². The van der Waals surface area contributed by atoms with Crippen LogP contribution in [0.5, 0.6) is 46.0 Å². The fraction of sp³-hybridized carbons (Fsp3) is 0.700. The molecule has 14 heteroatoms. The van der Waals surface area contributed by atoms with Crippen LogP contribution in [0.3, 0.4) is 0 Å². The van der Waals surface area contributed by atoms with Crippen molar-refractivity contribution >= 4 is 31.9 Å². The SMILES string of the molecule is CCCC1CCC(C2CCC(CBr)CC2)CC1.CCCC1CCC(C2CCC(COc3ccc(OCC)c(F)c3)CC2)CC1.CCCC1CCC(C2CCC(COc3ccc(OCC)c(F)c3O)CC2)CC1.CCOc1ccc(Br)cc1F.CCOc1ccc(O)cc1F. The van der Waals surface area contributed by atoms with Gasteiger partial charge in [0, 0.05) is 21.9 Å². The lowest BCUT2D eigenvalue weighted by molar-refractivity contribution is 0.120. The Morgan fingerprint density at radius 2 is 0.670 bits per heavy atom. The summed E-state index contributed by atoms with van der Waals surface area (Å²) < 4.78 is 86.3. The van der Waals surface area contributed by atoms with Gasteiger partial charge in [-0.25, -0.2) is 13.2 Å². The van der Waals surface area contributed by atoms with Crippen LogP contribution >= 0.6 is 31.9 Å². The maximum atomic E-state index is 14.1. The lowest BCUT2D eigenvalue weighted by atomic mass is 9.69. The molecule has 4 aromatic rings. The van der Waals surface area contributed by atoms with Gasteiger partial charge >= 0.3 is 0 Å². The standard InChI is InChI=1S/C24H37FO3.C24H37FO2.C16H29Br.C8H8BrFO.C8H9FO2/c1-3-5-17-6-10-19(11-7-17)20-12-8-18(9-13-20)16-28-22-15-14-21(27-4-2)23(25)24(22)26;1-3-5-18-6-10-20(11-7-18)21-12-8-19(9-13-21)17-27-22-14-15-24(26-4-2)23(25)16-22;1-2-3-13-4-8-15(9-5-13)16-10-6-14(12-17)7-11-16;1-2-11-8-4-3-6(9)5-7(8)10;1-2-11-8-4-3-6(10)5-7(8)9/h14-15,17-20,26H,3-13,16H2,1-2H3;14-16,18-21H,3-13,17H2,1-2H3;13-16H,2-12H2,1H3;3-5H,2H2,1H3;3-5,10H,2H2,1H3. The molecule has 94 heavy (non-hydrogen) atoms. The zero-order chi connectivity index (χ0) is 67.6. The van der Waals surface area contributed by atoms with Gasteiger partial charge in [-0.15, -0.1) is 0 Å². The number of rotatable bonds is 24. The molecule has 0 spiro atoms. The number of hydrogen-bond donors (Lipinski definition) is 2. The van der Waals surface area contributed by atoms with E-state index in [9.17, 15) is 22.7 Å². The van der Waals surface area contributed by atoms with Crippen molar-refractivity contribution in [2.45, 2.75) is 241 Å². The first-order valence-corrected chi connectivity index (χ1v) is 39.1. The molecule has 0 aliphatic heterocycles. The van der Waals surface area contributed by atoms with E-state index in [1.165, 1.54) is 215 Å². The molecule has 0 bridgehead atoms. The highest BCUT2D eigenvalue weighted by atomic mass is 79.9. The van der Waals surface area contributed by atoms with Gasteiger partial charge in [-0.1, -0.05) is 130 Å². The van der Waals surface area contributed by atoms with Gasteiger partial charge in [-0.05, 0) is 269 Å². The zero-order valence-electron chi connectivity index (χ0n) is 58.6. The molecule has 2 N–H and O–H groups in total. The van der Waals surface area contributed by atoms with Crippen molar-refractivity contribution in [1.82, 2.24) is 0 Å². The number of phenolic OH excluding ortho intramolecular Hbond substituents is 2. The van der Waals surface area contributed by atoms with E-state index < -0.39 is 17.4 Å². The summed E-state index contributed by atoms with van der Waals surface area (Å²) in [6.45, 7) is 17.2. The molecular weight excluding hydrogens is 1320 g/mol. The molecule has 0 saturated heterocycles. The summed E-state index contributed by atoms with van der Waals surface area (Å²) >= 11 is 6.80. The number of benzene rings is 4. The summed E-state index contributed by atoms with van der Waals surface area (Å²) in [7, 11) is 0. The summed E-state index contributed by atoms with van der Waals surface area (Å²) in [5, 5.41) is 20.1. The van der Waals surface area contributed by atoms with Crippen LogP contribution in [-0.2, 0) is 0 Å². The lowest BCUT2D eigenvalue weighted by Crippen LogP contribution is -2.27. The minimum atomic E-state index is -0.735. The van der Waals surface area contributed by atoms with Crippen molar-refractivity contribution in [2.75, 3.05) is 45.0 Å². The Bertz CT molecular complexity index is 2620. The number of ether oxygens (including phenoxy) is 6. The average Bonchev–Trinajstić information content (AvgIpc) is 1.12. The predicted octanol–water partition coefficient (Wildman–Crippen LogP) is 24.4. The van der Waals surface area contributed by atoms with E-state index in [-0.39, 0.29) is 34.6 Å². The molecule has 0 aromatic heterocycles. The largest absolute Gasteiger partial charge is 0.508 e. The Hall–Kier alpha value is -4.04. The van der Waals surface area contributed by atoms with E-state index in [2.05, 4.69) is 52.6 Å². The molecule has 0 unspecified atom stereocenters. The van der Waals surface area contributed by atoms with Crippen LogP contribution in [0.4, 0.5) is 17.6 Å². The molecule has 0 amide bonds. The second kappa shape index (κ2) is 44.1. The molecule has 0 atom stereocenters.